The number of benzene rings is 1. The van der Waals surface area contributed by atoms with E-state index in [1.165, 1.54) is 0 Å². The van der Waals surface area contributed by atoms with Crippen LogP contribution >= 0.6 is 0 Å². The lowest BCUT2D eigenvalue weighted by atomic mass is 9.91. The fraction of sp³-hybridized carbons (Fsp3) is 0.500. The summed E-state index contributed by atoms with van der Waals surface area (Å²) in [5, 5.41) is 3.06. The Kier molecular flexibility index (Phi) is 4.70. The number of nitrogens with two attached hydrogens (primary N) is 1. The summed E-state index contributed by atoms with van der Waals surface area (Å²) >= 11 is 0. The lowest BCUT2D eigenvalue weighted by molar-refractivity contribution is -0.129. The number of hydrogen-bond donors (Lipinski definition) is 2. The van der Waals surface area contributed by atoms with Crippen LogP contribution in [0.15, 0.2) is 30.3 Å². The lowest BCUT2D eigenvalue weighted by Crippen LogP contribution is -2.43. The Bertz CT molecular complexity index is 360. The van der Waals surface area contributed by atoms with Crippen LogP contribution < -0.4 is 11.1 Å². The summed E-state index contributed by atoms with van der Waals surface area (Å²) in [6.45, 7) is 6.14. The molecule has 3 N–H and O–H groups in total. The Labute approximate surface area is 103 Å². The summed E-state index contributed by atoms with van der Waals surface area (Å²) in [6.07, 6.45) is 0.871. The average Bonchev–Trinajstić information content (AvgIpc) is 2.36. The molecule has 1 unspecified atom stereocenters. The molecule has 0 radical (unpaired) electrons. The minimum absolute atomic E-state index is 0.00991. The van der Waals surface area contributed by atoms with Crippen molar-refractivity contribution in [2.45, 2.75) is 33.2 Å². The molecule has 1 rings (SSSR count). The van der Waals surface area contributed by atoms with Crippen molar-refractivity contribution >= 4 is 5.91 Å². The van der Waals surface area contributed by atoms with Crippen LogP contribution in [-0.4, -0.2) is 12.5 Å². The van der Waals surface area contributed by atoms with E-state index in [0.29, 0.717) is 6.54 Å². The monoisotopic (exact) mass is 234 g/mol. The number of amides is 1. The van der Waals surface area contributed by atoms with Crippen molar-refractivity contribution in [3.8, 4) is 0 Å². The molecule has 17 heavy (non-hydrogen) atoms. The van der Waals surface area contributed by atoms with Crippen LogP contribution in [0.3, 0.4) is 0 Å². The van der Waals surface area contributed by atoms with Gasteiger partial charge in [-0.25, -0.2) is 0 Å². The van der Waals surface area contributed by atoms with E-state index in [0.717, 1.165) is 12.0 Å². The number of hydrogen-bond acceptors (Lipinski definition) is 2. The van der Waals surface area contributed by atoms with E-state index in [4.69, 9.17) is 5.73 Å². The maximum absolute atomic E-state index is 12.0. The van der Waals surface area contributed by atoms with Gasteiger partial charge in [0.1, 0.15) is 0 Å². The van der Waals surface area contributed by atoms with Gasteiger partial charge >= 0.3 is 0 Å². The highest BCUT2D eigenvalue weighted by molar-refractivity contribution is 5.82. The summed E-state index contributed by atoms with van der Waals surface area (Å²) in [4.78, 5) is 12.0. The van der Waals surface area contributed by atoms with Crippen molar-refractivity contribution in [3.63, 3.8) is 0 Å². The van der Waals surface area contributed by atoms with Crippen LogP contribution in [-0.2, 0) is 4.79 Å². The van der Waals surface area contributed by atoms with Gasteiger partial charge < -0.3 is 11.1 Å². The normalized spacial score (nSPS) is 13.2. The minimum atomic E-state index is -0.512. The Morgan fingerprint density at radius 3 is 2.41 bits per heavy atom. The molecular weight excluding hydrogens is 212 g/mol. The molecule has 0 aliphatic heterocycles. The highest BCUT2D eigenvalue weighted by Gasteiger charge is 2.27. The van der Waals surface area contributed by atoms with Gasteiger partial charge in [-0.2, -0.15) is 0 Å². The quantitative estimate of drug-likeness (QED) is 0.821. The average molecular weight is 234 g/mol. The van der Waals surface area contributed by atoms with Gasteiger partial charge in [-0.3, -0.25) is 4.79 Å². The second-order valence-corrected chi connectivity index (χ2v) is 4.93. The van der Waals surface area contributed by atoms with Gasteiger partial charge in [0.15, 0.2) is 0 Å². The van der Waals surface area contributed by atoms with Gasteiger partial charge in [0, 0.05) is 6.54 Å². The molecule has 0 saturated carbocycles. The molecule has 0 aliphatic rings. The van der Waals surface area contributed by atoms with Gasteiger partial charge in [-0.15, -0.1) is 0 Å². The Morgan fingerprint density at radius 1 is 1.35 bits per heavy atom. The number of rotatable bonds is 5. The van der Waals surface area contributed by atoms with Gasteiger partial charge in [0.2, 0.25) is 5.91 Å². The molecule has 1 aromatic rings. The first-order chi connectivity index (χ1) is 8.01. The summed E-state index contributed by atoms with van der Waals surface area (Å²) in [5.74, 6) is 0.00991. The molecule has 1 amide bonds. The molecule has 0 saturated heterocycles. The summed E-state index contributed by atoms with van der Waals surface area (Å²) in [5.41, 5.74) is 6.23. The van der Waals surface area contributed by atoms with E-state index >= 15 is 0 Å². The molecule has 94 valence electrons. The van der Waals surface area contributed by atoms with Gasteiger partial charge in [-0.1, -0.05) is 37.3 Å². The van der Waals surface area contributed by atoms with Crippen LogP contribution in [0.25, 0.3) is 0 Å². The van der Waals surface area contributed by atoms with Crippen molar-refractivity contribution < 1.29 is 4.79 Å². The second-order valence-electron chi connectivity index (χ2n) is 4.93. The zero-order valence-electron chi connectivity index (χ0n) is 10.9. The van der Waals surface area contributed by atoms with Crippen molar-refractivity contribution in [1.82, 2.24) is 5.32 Å². The van der Waals surface area contributed by atoms with Crippen LogP contribution in [0.1, 0.15) is 38.8 Å². The van der Waals surface area contributed by atoms with E-state index < -0.39 is 5.41 Å². The fourth-order valence-corrected chi connectivity index (χ4v) is 1.55. The second kappa shape index (κ2) is 5.82. The van der Waals surface area contributed by atoms with Crippen molar-refractivity contribution in [3.05, 3.63) is 35.9 Å². The molecule has 1 aromatic carbocycles. The van der Waals surface area contributed by atoms with Crippen molar-refractivity contribution in [2.75, 3.05) is 6.54 Å². The standard InChI is InChI=1S/C14H22N2O/c1-4-12(11-8-6-5-7-9-11)16-13(17)14(2,3)10-15/h5-9,12H,4,10,15H2,1-3H3,(H,16,17). The number of nitrogens with one attached hydrogen (secondary N) is 1. The van der Waals surface area contributed by atoms with Crippen LogP contribution in [0.2, 0.25) is 0 Å². The predicted octanol–water partition coefficient (Wildman–Crippen LogP) is 2.24. The van der Waals surface area contributed by atoms with E-state index in [-0.39, 0.29) is 11.9 Å². The topological polar surface area (TPSA) is 55.1 Å². The molecule has 3 heteroatoms. The third-order valence-electron chi connectivity index (χ3n) is 3.04. The van der Waals surface area contributed by atoms with Crippen LogP contribution in [0.4, 0.5) is 0 Å². The molecule has 0 bridgehead atoms. The number of carbonyl (C=O) groups excluding carboxylic acids is 1. The highest BCUT2D eigenvalue weighted by Crippen LogP contribution is 2.19. The zero-order valence-corrected chi connectivity index (χ0v) is 10.9. The third kappa shape index (κ3) is 3.56. The van der Waals surface area contributed by atoms with Crippen LogP contribution in [0, 0.1) is 5.41 Å². The van der Waals surface area contributed by atoms with E-state index in [9.17, 15) is 4.79 Å². The Hall–Kier alpha value is -1.35. The molecular formula is C14H22N2O. The molecule has 0 spiro atoms. The maximum Gasteiger partial charge on any atom is 0.227 e. The Morgan fingerprint density at radius 2 is 1.94 bits per heavy atom. The predicted molar refractivity (Wildman–Crippen MR) is 70.5 cm³/mol. The summed E-state index contributed by atoms with van der Waals surface area (Å²) < 4.78 is 0. The number of carbonyl (C=O) groups is 1. The first-order valence-electron chi connectivity index (χ1n) is 6.07. The maximum atomic E-state index is 12.0. The molecule has 0 fully saturated rings. The minimum Gasteiger partial charge on any atom is -0.349 e. The fourth-order valence-electron chi connectivity index (χ4n) is 1.55. The molecule has 1 atom stereocenters. The highest BCUT2D eigenvalue weighted by atomic mass is 16.2. The van der Waals surface area contributed by atoms with Crippen molar-refractivity contribution in [1.29, 1.82) is 0 Å². The zero-order chi connectivity index (χ0) is 12.9. The van der Waals surface area contributed by atoms with E-state index in [2.05, 4.69) is 12.2 Å². The first-order valence-corrected chi connectivity index (χ1v) is 6.07. The smallest absolute Gasteiger partial charge is 0.227 e. The molecule has 0 heterocycles. The largest absolute Gasteiger partial charge is 0.349 e. The summed E-state index contributed by atoms with van der Waals surface area (Å²) in [6, 6.07) is 10.1. The van der Waals surface area contributed by atoms with Crippen LogP contribution in [0.5, 0.6) is 0 Å². The molecule has 0 aromatic heterocycles. The molecule has 0 aliphatic carbocycles. The Balaban J connectivity index is 2.75. The van der Waals surface area contributed by atoms with Gasteiger partial charge in [0.05, 0.1) is 11.5 Å². The molecule has 3 nitrogen and oxygen atoms in total. The van der Waals surface area contributed by atoms with E-state index in [1.807, 2.05) is 44.2 Å². The third-order valence-corrected chi connectivity index (χ3v) is 3.04. The van der Waals surface area contributed by atoms with Crippen molar-refractivity contribution in [2.24, 2.45) is 11.1 Å². The van der Waals surface area contributed by atoms with Gasteiger partial charge in [0.25, 0.3) is 0 Å². The first kappa shape index (κ1) is 13.7. The summed E-state index contributed by atoms with van der Waals surface area (Å²) in [7, 11) is 0. The van der Waals surface area contributed by atoms with E-state index in [1.54, 1.807) is 0 Å². The lowest BCUT2D eigenvalue weighted by Gasteiger charge is -2.25. The van der Waals surface area contributed by atoms with Gasteiger partial charge in [-0.05, 0) is 25.8 Å². The SMILES string of the molecule is CCC(NC(=O)C(C)(C)CN)c1ccccc1.